The second-order valence-corrected chi connectivity index (χ2v) is 9.39. The minimum Gasteiger partial charge on any atom is -0.381 e. The SMILES string of the molecule is O=C1CCCc2cc(S(=O)(=O)N3CCCC3C3CCOCC3)ccc2N1. The van der Waals surface area contributed by atoms with E-state index in [1.807, 2.05) is 0 Å². The zero-order valence-electron chi connectivity index (χ0n) is 14.9. The van der Waals surface area contributed by atoms with Crippen molar-refractivity contribution >= 4 is 21.6 Å². The first-order chi connectivity index (χ1) is 12.6. The number of anilines is 1. The Hall–Kier alpha value is -1.44. The highest BCUT2D eigenvalue weighted by atomic mass is 32.2. The van der Waals surface area contributed by atoms with E-state index in [0.717, 1.165) is 63.0 Å². The lowest BCUT2D eigenvalue weighted by atomic mass is 9.91. The molecule has 0 saturated carbocycles. The summed E-state index contributed by atoms with van der Waals surface area (Å²) in [5.41, 5.74) is 1.66. The van der Waals surface area contributed by atoms with Gasteiger partial charge in [-0.3, -0.25) is 4.79 Å². The molecule has 0 spiro atoms. The third-order valence-electron chi connectivity index (χ3n) is 5.87. The molecule has 3 aliphatic rings. The average Bonchev–Trinajstić information content (AvgIpc) is 3.07. The van der Waals surface area contributed by atoms with Gasteiger partial charge >= 0.3 is 0 Å². The number of benzene rings is 1. The highest BCUT2D eigenvalue weighted by Gasteiger charge is 2.40. The number of sulfonamides is 1. The Morgan fingerprint density at radius 2 is 1.88 bits per heavy atom. The molecule has 0 aromatic heterocycles. The number of fused-ring (bicyclic) bond motifs is 1. The quantitative estimate of drug-likeness (QED) is 0.877. The van der Waals surface area contributed by atoms with Gasteiger partial charge in [0, 0.05) is 37.9 Å². The highest BCUT2D eigenvalue weighted by molar-refractivity contribution is 7.89. The van der Waals surface area contributed by atoms with E-state index in [9.17, 15) is 13.2 Å². The maximum atomic E-state index is 13.3. The molecule has 2 fully saturated rings. The van der Waals surface area contributed by atoms with E-state index >= 15 is 0 Å². The van der Waals surface area contributed by atoms with Crippen molar-refractivity contribution in [1.82, 2.24) is 4.31 Å². The molecule has 1 atom stereocenters. The lowest BCUT2D eigenvalue weighted by molar-refractivity contribution is -0.116. The van der Waals surface area contributed by atoms with Crippen LogP contribution in [0.5, 0.6) is 0 Å². The van der Waals surface area contributed by atoms with E-state index in [0.29, 0.717) is 23.8 Å². The molecule has 1 aromatic rings. The van der Waals surface area contributed by atoms with Crippen LogP contribution in [-0.2, 0) is 26.0 Å². The van der Waals surface area contributed by atoms with Gasteiger partial charge in [-0.15, -0.1) is 0 Å². The Balaban J connectivity index is 1.61. The number of hydrogen-bond acceptors (Lipinski definition) is 4. The van der Waals surface area contributed by atoms with Gasteiger partial charge in [-0.1, -0.05) is 0 Å². The Labute approximate surface area is 155 Å². The first kappa shape index (κ1) is 17.9. The van der Waals surface area contributed by atoms with E-state index in [1.165, 1.54) is 0 Å². The summed E-state index contributed by atoms with van der Waals surface area (Å²) < 4.78 is 33.8. The fraction of sp³-hybridized carbons (Fsp3) is 0.632. The monoisotopic (exact) mass is 378 g/mol. The summed E-state index contributed by atoms with van der Waals surface area (Å²) in [5.74, 6) is 0.389. The topological polar surface area (TPSA) is 75.7 Å². The molecule has 6 nitrogen and oxygen atoms in total. The molecule has 2 saturated heterocycles. The van der Waals surface area contributed by atoms with E-state index < -0.39 is 10.0 Å². The van der Waals surface area contributed by atoms with Crippen LogP contribution in [0.25, 0.3) is 0 Å². The summed E-state index contributed by atoms with van der Waals surface area (Å²) >= 11 is 0. The number of carbonyl (C=O) groups excluding carboxylic acids is 1. The lowest BCUT2D eigenvalue weighted by Crippen LogP contribution is -2.41. The van der Waals surface area contributed by atoms with Crippen LogP contribution in [0.1, 0.15) is 44.1 Å². The van der Waals surface area contributed by atoms with Crippen LogP contribution in [0.3, 0.4) is 0 Å². The third kappa shape index (κ3) is 3.40. The number of aryl methyl sites for hydroxylation is 1. The zero-order chi connectivity index (χ0) is 18.1. The van der Waals surface area contributed by atoms with E-state index in [-0.39, 0.29) is 11.9 Å². The Bertz CT molecular complexity index is 787. The molecule has 1 amide bonds. The molecule has 142 valence electrons. The maximum absolute atomic E-state index is 13.3. The van der Waals surface area contributed by atoms with E-state index in [2.05, 4.69) is 5.32 Å². The van der Waals surface area contributed by atoms with Crippen molar-refractivity contribution < 1.29 is 17.9 Å². The number of ether oxygens (including phenoxy) is 1. The van der Waals surface area contributed by atoms with Crippen molar-refractivity contribution in [1.29, 1.82) is 0 Å². The van der Waals surface area contributed by atoms with Crippen molar-refractivity contribution in [2.24, 2.45) is 5.92 Å². The summed E-state index contributed by atoms with van der Waals surface area (Å²) in [6.07, 6.45) is 5.68. The average molecular weight is 378 g/mol. The van der Waals surface area contributed by atoms with Gasteiger partial charge in [0.15, 0.2) is 0 Å². The summed E-state index contributed by atoms with van der Waals surface area (Å²) in [4.78, 5) is 12.1. The van der Waals surface area contributed by atoms with Crippen LogP contribution >= 0.6 is 0 Å². The maximum Gasteiger partial charge on any atom is 0.243 e. The highest BCUT2D eigenvalue weighted by Crippen LogP contribution is 2.35. The molecule has 0 aliphatic carbocycles. The minimum atomic E-state index is -3.52. The van der Waals surface area contributed by atoms with Crippen molar-refractivity contribution in [3.05, 3.63) is 23.8 Å². The van der Waals surface area contributed by atoms with Gasteiger partial charge in [0.05, 0.1) is 4.90 Å². The molecule has 7 heteroatoms. The molecule has 3 aliphatic heterocycles. The predicted octanol–water partition coefficient (Wildman–Crippen LogP) is 2.54. The summed E-state index contributed by atoms with van der Waals surface area (Å²) in [6.45, 7) is 2.05. The van der Waals surface area contributed by atoms with Crippen LogP contribution in [0, 0.1) is 5.92 Å². The van der Waals surface area contributed by atoms with Crippen molar-refractivity contribution in [3.8, 4) is 0 Å². The van der Waals surface area contributed by atoms with Crippen LogP contribution in [0.15, 0.2) is 23.1 Å². The first-order valence-electron chi connectivity index (χ1n) is 9.58. The number of nitrogens with zero attached hydrogens (tertiary/aromatic N) is 1. The van der Waals surface area contributed by atoms with Crippen LogP contribution in [-0.4, -0.2) is 44.4 Å². The van der Waals surface area contributed by atoms with Gasteiger partial charge in [0.1, 0.15) is 0 Å². The smallest absolute Gasteiger partial charge is 0.243 e. The van der Waals surface area contributed by atoms with E-state index in [4.69, 9.17) is 4.74 Å². The van der Waals surface area contributed by atoms with Gasteiger partial charge in [-0.25, -0.2) is 8.42 Å². The van der Waals surface area contributed by atoms with Gasteiger partial charge < -0.3 is 10.1 Å². The molecule has 3 heterocycles. The van der Waals surface area contributed by atoms with Gasteiger partial charge in [0.25, 0.3) is 0 Å². The van der Waals surface area contributed by atoms with Crippen LogP contribution < -0.4 is 5.32 Å². The fourth-order valence-corrected chi connectivity index (χ4v) is 6.29. The number of nitrogens with one attached hydrogen (secondary N) is 1. The Morgan fingerprint density at radius 1 is 1.08 bits per heavy atom. The van der Waals surface area contributed by atoms with Crippen LogP contribution in [0.4, 0.5) is 5.69 Å². The number of rotatable bonds is 3. The second-order valence-electron chi connectivity index (χ2n) is 7.50. The molecule has 1 unspecified atom stereocenters. The van der Waals surface area contributed by atoms with Crippen molar-refractivity contribution in [2.45, 2.75) is 55.9 Å². The molecule has 0 bridgehead atoms. The predicted molar refractivity (Wildman–Crippen MR) is 98.5 cm³/mol. The number of hydrogen-bond donors (Lipinski definition) is 1. The Kier molecular flexibility index (Phi) is 5.03. The minimum absolute atomic E-state index is 0.00141. The summed E-state index contributed by atoms with van der Waals surface area (Å²) in [5, 5.41) is 2.87. The fourth-order valence-electron chi connectivity index (χ4n) is 4.48. The normalized spacial score (nSPS) is 25.5. The van der Waals surface area contributed by atoms with Crippen molar-refractivity contribution in [3.63, 3.8) is 0 Å². The molecule has 26 heavy (non-hydrogen) atoms. The third-order valence-corrected chi connectivity index (χ3v) is 7.79. The lowest BCUT2D eigenvalue weighted by Gasteiger charge is -2.33. The van der Waals surface area contributed by atoms with E-state index in [1.54, 1.807) is 22.5 Å². The molecule has 0 radical (unpaired) electrons. The molecule has 1 N–H and O–H groups in total. The van der Waals surface area contributed by atoms with Gasteiger partial charge in [-0.2, -0.15) is 4.31 Å². The molecule has 1 aromatic carbocycles. The molecular formula is C19H26N2O4S. The first-order valence-corrected chi connectivity index (χ1v) is 11.0. The number of carbonyl (C=O) groups is 1. The van der Waals surface area contributed by atoms with Crippen LogP contribution in [0.2, 0.25) is 0 Å². The number of amides is 1. The second kappa shape index (κ2) is 7.29. The van der Waals surface area contributed by atoms with Crippen molar-refractivity contribution in [2.75, 3.05) is 25.1 Å². The summed E-state index contributed by atoms with van der Waals surface area (Å²) in [6, 6.07) is 5.22. The zero-order valence-corrected chi connectivity index (χ0v) is 15.8. The molecular weight excluding hydrogens is 352 g/mol. The Morgan fingerprint density at radius 3 is 2.69 bits per heavy atom. The largest absolute Gasteiger partial charge is 0.381 e. The standard InChI is InChI=1S/C19H26N2O4S/c22-19-5-1-3-15-13-16(6-7-17(15)20-19)26(23,24)21-10-2-4-18(21)14-8-11-25-12-9-14/h6-7,13-14,18H,1-5,8-12H2,(H,20,22). The summed E-state index contributed by atoms with van der Waals surface area (Å²) in [7, 11) is -3.52. The molecule has 4 rings (SSSR count). The van der Waals surface area contributed by atoms with Gasteiger partial charge in [0.2, 0.25) is 15.9 Å². The van der Waals surface area contributed by atoms with Gasteiger partial charge in [-0.05, 0) is 68.2 Å².